The van der Waals surface area contributed by atoms with E-state index in [1.165, 1.54) is 12.8 Å². The maximum atomic E-state index is 5.47. The lowest BCUT2D eigenvalue weighted by molar-refractivity contribution is 0.545. The standard InChI is InChI=1S/C6H15BrN2/c1-2-3-4-5-6(7,8)9/h2-5,8-9H2,1H3. The Balaban J connectivity index is 3.07. The van der Waals surface area contributed by atoms with Crippen molar-refractivity contribution < 1.29 is 0 Å². The van der Waals surface area contributed by atoms with Gasteiger partial charge in [0.25, 0.3) is 0 Å². The highest BCUT2D eigenvalue weighted by atomic mass is 79.9. The topological polar surface area (TPSA) is 52.0 Å². The summed E-state index contributed by atoms with van der Waals surface area (Å²) in [7, 11) is 0. The van der Waals surface area contributed by atoms with Crippen LogP contribution in [0, 0.1) is 0 Å². The zero-order valence-electron chi connectivity index (χ0n) is 5.86. The van der Waals surface area contributed by atoms with Gasteiger partial charge in [0.15, 0.2) is 0 Å². The number of unbranched alkanes of at least 4 members (excludes halogenated alkanes) is 2. The Bertz CT molecular complexity index is 67.9. The second-order valence-electron chi connectivity index (χ2n) is 2.38. The SMILES string of the molecule is CCCCCC(N)(N)Br. The summed E-state index contributed by atoms with van der Waals surface area (Å²) in [6, 6.07) is 0. The van der Waals surface area contributed by atoms with Crippen LogP contribution >= 0.6 is 15.9 Å². The molecule has 0 aromatic rings. The molecule has 56 valence electrons. The fourth-order valence-corrected chi connectivity index (χ4v) is 0.926. The molecule has 0 unspecified atom stereocenters. The molecular weight excluding hydrogens is 180 g/mol. The van der Waals surface area contributed by atoms with E-state index in [4.69, 9.17) is 11.5 Å². The van der Waals surface area contributed by atoms with E-state index < -0.39 is 4.57 Å². The van der Waals surface area contributed by atoms with E-state index in [0.29, 0.717) is 0 Å². The monoisotopic (exact) mass is 194 g/mol. The molecule has 0 aliphatic heterocycles. The molecule has 3 heteroatoms. The largest absolute Gasteiger partial charge is 0.304 e. The van der Waals surface area contributed by atoms with Crippen LogP contribution in [0.4, 0.5) is 0 Å². The third-order valence-corrected chi connectivity index (χ3v) is 1.56. The lowest BCUT2D eigenvalue weighted by Crippen LogP contribution is -2.42. The Morgan fingerprint density at radius 1 is 1.33 bits per heavy atom. The van der Waals surface area contributed by atoms with Crippen LogP contribution in [0.25, 0.3) is 0 Å². The van der Waals surface area contributed by atoms with Crippen LogP contribution in [0.1, 0.15) is 32.6 Å². The van der Waals surface area contributed by atoms with Gasteiger partial charge in [-0.15, -0.1) is 0 Å². The molecule has 0 heterocycles. The minimum Gasteiger partial charge on any atom is -0.304 e. The first-order valence-electron chi connectivity index (χ1n) is 3.33. The second kappa shape index (κ2) is 4.25. The first-order valence-corrected chi connectivity index (χ1v) is 4.12. The van der Waals surface area contributed by atoms with Crippen LogP contribution < -0.4 is 11.5 Å². The van der Waals surface area contributed by atoms with Gasteiger partial charge in [-0.05, 0) is 12.8 Å². The highest BCUT2D eigenvalue weighted by molar-refractivity contribution is 9.10. The Labute approximate surface area is 65.1 Å². The molecule has 0 aliphatic rings. The molecule has 0 aliphatic carbocycles. The predicted octanol–water partition coefficient (Wildman–Crippen LogP) is 1.53. The molecule has 0 saturated carbocycles. The van der Waals surface area contributed by atoms with Crippen molar-refractivity contribution in [3.8, 4) is 0 Å². The molecule has 2 nitrogen and oxygen atoms in total. The molecule has 0 atom stereocenters. The van der Waals surface area contributed by atoms with Crippen molar-refractivity contribution in [2.75, 3.05) is 0 Å². The average molecular weight is 195 g/mol. The van der Waals surface area contributed by atoms with Crippen molar-refractivity contribution in [3.63, 3.8) is 0 Å². The minimum absolute atomic E-state index is 0.637. The molecule has 0 aromatic carbocycles. The van der Waals surface area contributed by atoms with Gasteiger partial charge in [0.2, 0.25) is 0 Å². The molecule has 0 aromatic heterocycles. The maximum absolute atomic E-state index is 5.47. The van der Waals surface area contributed by atoms with E-state index in [1.807, 2.05) is 0 Å². The predicted molar refractivity (Wildman–Crippen MR) is 44.2 cm³/mol. The lowest BCUT2D eigenvalue weighted by Gasteiger charge is -2.14. The van der Waals surface area contributed by atoms with Gasteiger partial charge in [0.1, 0.15) is 4.57 Å². The van der Waals surface area contributed by atoms with Gasteiger partial charge in [-0.2, -0.15) is 0 Å². The fraction of sp³-hybridized carbons (Fsp3) is 1.00. The van der Waals surface area contributed by atoms with Gasteiger partial charge >= 0.3 is 0 Å². The zero-order valence-corrected chi connectivity index (χ0v) is 7.45. The highest BCUT2D eigenvalue weighted by Gasteiger charge is 2.11. The van der Waals surface area contributed by atoms with Crippen molar-refractivity contribution in [1.82, 2.24) is 0 Å². The molecular formula is C6H15BrN2. The molecule has 0 rings (SSSR count). The summed E-state index contributed by atoms with van der Waals surface area (Å²) in [5.74, 6) is 0. The summed E-state index contributed by atoms with van der Waals surface area (Å²) < 4.78 is -0.637. The first-order chi connectivity index (χ1) is 4.06. The van der Waals surface area contributed by atoms with Gasteiger partial charge in [-0.25, -0.2) is 0 Å². The Kier molecular flexibility index (Phi) is 4.44. The molecule has 9 heavy (non-hydrogen) atoms. The number of hydrogen-bond acceptors (Lipinski definition) is 2. The number of nitrogens with two attached hydrogens (primary N) is 2. The molecule has 0 bridgehead atoms. The van der Waals surface area contributed by atoms with E-state index in [-0.39, 0.29) is 0 Å². The van der Waals surface area contributed by atoms with E-state index in [1.54, 1.807) is 0 Å². The summed E-state index contributed by atoms with van der Waals surface area (Å²) in [5.41, 5.74) is 10.9. The summed E-state index contributed by atoms with van der Waals surface area (Å²) in [6.07, 6.45) is 4.38. The van der Waals surface area contributed by atoms with Crippen LogP contribution in [0.2, 0.25) is 0 Å². The van der Waals surface area contributed by atoms with E-state index in [2.05, 4.69) is 22.9 Å². The summed E-state index contributed by atoms with van der Waals surface area (Å²) in [5, 5.41) is 0. The fourth-order valence-electron chi connectivity index (χ4n) is 0.646. The van der Waals surface area contributed by atoms with Gasteiger partial charge in [-0.1, -0.05) is 35.7 Å². The van der Waals surface area contributed by atoms with E-state index in [9.17, 15) is 0 Å². The maximum Gasteiger partial charge on any atom is 0.121 e. The minimum atomic E-state index is -0.637. The summed E-state index contributed by atoms with van der Waals surface area (Å²) in [4.78, 5) is 0. The molecule has 0 amide bonds. The van der Waals surface area contributed by atoms with Gasteiger partial charge in [0.05, 0.1) is 0 Å². The van der Waals surface area contributed by atoms with Crippen LogP contribution in [0.5, 0.6) is 0 Å². The van der Waals surface area contributed by atoms with Crippen molar-refractivity contribution in [2.24, 2.45) is 11.5 Å². The smallest absolute Gasteiger partial charge is 0.121 e. The van der Waals surface area contributed by atoms with Crippen molar-refractivity contribution in [2.45, 2.75) is 37.2 Å². The van der Waals surface area contributed by atoms with Crippen LogP contribution in [0.15, 0.2) is 0 Å². The number of hydrogen-bond donors (Lipinski definition) is 2. The Hall–Kier alpha value is 0.400. The molecule has 0 radical (unpaired) electrons. The average Bonchev–Trinajstić information content (AvgIpc) is 1.63. The highest BCUT2D eigenvalue weighted by Crippen LogP contribution is 2.12. The second-order valence-corrected chi connectivity index (χ2v) is 3.86. The van der Waals surface area contributed by atoms with Gasteiger partial charge < -0.3 is 11.5 Å². The molecule has 4 N–H and O–H groups in total. The van der Waals surface area contributed by atoms with E-state index in [0.717, 1.165) is 12.8 Å². The van der Waals surface area contributed by atoms with Crippen LogP contribution in [0.3, 0.4) is 0 Å². The van der Waals surface area contributed by atoms with Crippen molar-refractivity contribution >= 4 is 15.9 Å². The molecule has 0 saturated heterocycles. The molecule has 0 spiro atoms. The quantitative estimate of drug-likeness (QED) is 0.309. The number of alkyl halides is 1. The lowest BCUT2D eigenvalue weighted by atomic mass is 10.2. The third kappa shape index (κ3) is 8.40. The summed E-state index contributed by atoms with van der Waals surface area (Å²) >= 11 is 3.16. The van der Waals surface area contributed by atoms with E-state index >= 15 is 0 Å². The summed E-state index contributed by atoms with van der Waals surface area (Å²) in [6.45, 7) is 2.16. The Morgan fingerprint density at radius 3 is 2.22 bits per heavy atom. The Morgan fingerprint density at radius 2 is 1.89 bits per heavy atom. The zero-order chi connectivity index (χ0) is 7.33. The van der Waals surface area contributed by atoms with Crippen LogP contribution in [-0.4, -0.2) is 4.57 Å². The third-order valence-electron chi connectivity index (χ3n) is 1.16. The van der Waals surface area contributed by atoms with Gasteiger partial charge in [-0.3, -0.25) is 0 Å². The van der Waals surface area contributed by atoms with Gasteiger partial charge in [0, 0.05) is 0 Å². The molecule has 0 fully saturated rings. The van der Waals surface area contributed by atoms with Crippen LogP contribution in [-0.2, 0) is 0 Å². The van der Waals surface area contributed by atoms with Crippen molar-refractivity contribution in [3.05, 3.63) is 0 Å². The normalized spacial score (nSPS) is 12.0. The number of rotatable bonds is 4. The van der Waals surface area contributed by atoms with Crippen molar-refractivity contribution in [1.29, 1.82) is 0 Å². The first kappa shape index (κ1) is 9.40. The number of halogens is 1.